The Bertz CT molecular complexity index is 687. The van der Waals surface area contributed by atoms with Crippen molar-refractivity contribution in [1.29, 1.82) is 0 Å². The van der Waals surface area contributed by atoms with E-state index < -0.39 is 13.3 Å². The molecule has 23 heavy (non-hydrogen) atoms. The molecule has 0 fully saturated rings. The zero-order valence-electron chi connectivity index (χ0n) is 13.2. The van der Waals surface area contributed by atoms with Gasteiger partial charge in [0.25, 0.3) is 0 Å². The van der Waals surface area contributed by atoms with E-state index in [2.05, 4.69) is 0 Å². The summed E-state index contributed by atoms with van der Waals surface area (Å²) in [7, 11) is 2.24. The molecule has 5 nitrogen and oxygen atoms in total. The maximum atomic E-state index is 12.6. The van der Waals surface area contributed by atoms with Gasteiger partial charge < -0.3 is 14.2 Å². The van der Waals surface area contributed by atoms with Crippen molar-refractivity contribution in [2.24, 2.45) is 0 Å². The Morgan fingerprint density at radius 2 is 1.52 bits per heavy atom. The second-order valence-corrected chi connectivity index (χ2v) is 6.21. The number of rotatable bonds is 7. The molecule has 0 aliphatic carbocycles. The first-order chi connectivity index (χ1) is 11.1. The highest BCUT2D eigenvalue weighted by molar-refractivity contribution is 7.63. The third-order valence-electron chi connectivity index (χ3n) is 3.32. The summed E-state index contributed by atoms with van der Waals surface area (Å²) in [5, 5.41) is 0. The van der Waals surface area contributed by atoms with Crippen LogP contribution in [0.15, 0.2) is 42.5 Å². The van der Waals surface area contributed by atoms with E-state index in [1.807, 2.05) is 30.3 Å². The minimum Gasteiger partial charge on any atom is -0.496 e. The molecule has 0 heterocycles. The van der Waals surface area contributed by atoms with Crippen molar-refractivity contribution in [3.63, 3.8) is 0 Å². The predicted molar refractivity (Wildman–Crippen MR) is 88.2 cm³/mol. The number of ether oxygens (including phenoxy) is 3. The molecule has 0 aliphatic rings. The lowest BCUT2D eigenvalue weighted by Crippen LogP contribution is -2.03. The van der Waals surface area contributed by atoms with Gasteiger partial charge in [-0.3, -0.25) is 0 Å². The van der Waals surface area contributed by atoms with E-state index in [1.54, 1.807) is 12.1 Å². The maximum Gasteiger partial charge on any atom is 0.425 e. The number of hydrogen-bond donors (Lipinski definition) is 0. The van der Waals surface area contributed by atoms with Gasteiger partial charge in [0.05, 0.1) is 21.3 Å². The van der Waals surface area contributed by atoms with Crippen molar-refractivity contribution in [3.8, 4) is 17.2 Å². The fraction of sp³-hybridized carbons (Fsp3) is 0.235. The molecule has 1 atom stereocenters. The van der Waals surface area contributed by atoms with E-state index in [1.165, 1.54) is 21.3 Å². The Hall–Kier alpha value is -2.39. The van der Waals surface area contributed by atoms with Gasteiger partial charge in [0.15, 0.2) is 11.7 Å². The largest absolute Gasteiger partial charge is 0.496 e. The van der Waals surface area contributed by atoms with Crippen molar-refractivity contribution in [1.82, 2.24) is 0 Å². The molecule has 6 heteroatoms. The van der Waals surface area contributed by atoms with Crippen molar-refractivity contribution in [2.45, 2.75) is 6.16 Å². The highest BCUT2D eigenvalue weighted by Crippen LogP contribution is 2.41. The average molecular weight is 333 g/mol. The molecule has 0 aromatic heterocycles. The standard InChI is InChI=1S/C17H18O5P/c1-20-13-9-14(21-2)16(15(10-13)22-3)17(18)23(19)11-12-7-5-4-6-8-12/h4-10H,11H2,1-3H3/q+1. The predicted octanol–water partition coefficient (Wildman–Crippen LogP) is 3.88. The molecule has 1 unspecified atom stereocenters. The lowest BCUT2D eigenvalue weighted by atomic mass is 10.2. The van der Waals surface area contributed by atoms with Gasteiger partial charge in [0.2, 0.25) is 0 Å². The molecule has 2 rings (SSSR count). The first-order valence-electron chi connectivity index (χ1n) is 6.93. The second kappa shape index (κ2) is 7.75. The van der Waals surface area contributed by atoms with Crippen molar-refractivity contribution >= 4 is 13.3 Å². The Balaban J connectivity index is 2.36. The van der Waals surface area contributed by atoms with Crippen LogP contribution in [0, 0.1) is 0 Å². The third-order valence-corrected chi connectivity index (χ3v) is 4.65. The van der Waals surface area contributed by atoms with Crippen LogP contribution in [0.2, 0.25) is 0 Å². The molecule has 0 bridgehead atoms. The number of carbonyl (C=O) groups is 1. The van der Waals surface area contributed by atoms with Crippen molar-refractivity contribution in [2.75, 3.05) is 21.3 Å². The van der Waals surface area contributed by atoms with Crippen LogP contribution in [-0.2, 0) is 10.7 Å². The van der Waals surface area contributed by atoms with Crippen LogP contribution >= 0.6 is 7.80 Å². The van der Waals surface area contributed by atoms with Crippen molar-refractivity contribution in [3.05, 3.63) is 53.6 Å². The van der Waals surface area contributed by atoms with Gasteiger partial charge >= 0.3 is 13.3 Å². The molecule has 0 spiro atoms. The van der Waals surface area contributed by atoms with Gasteiger partial charge in [0, 0.05) is 17.7 Å². The average Bonchev–Trinajstić information content (AvgIpc) is 2.60. The molecule has 2 aromatic carbocycles. The molecule has 0 N–H and O–H groups in total. The Morgan fingerprint density at radius 1 is 0.957 bits per heavy atom. The first kappa shape index (κ1) is 17.0. The van der Waals surface area contributed by atoms with Gasteiger partial charge in [0.1, 0.15) is 17.2 Å². The minimum atomic E-state index is -2.14. The fourth-order valence-corrected chi connectivity index (χ4v) is 3.32. The van der Waals surface area contributed by atoms with E-state index in [9.17, 15) is 9.36 Å². The van der Waals surface area contributed by atoms with Crippen LogP contribution in [-0.4, -0.2) is 26.9 Å². The van der Waals surface area contributed by atoms with E-state index in [0.29, 0.717) is 5.75 Å². The van der Waals surface area contributed by atoms with Crippen LogP contribution in [0.5, 0.6) is 17.2 Å². The molecular weight excluding hydrogens is 315 g/mol. The molecule has 0 aliphatic heterocycles. The van der Waals surface area contributed by atoms with E-state index in [0.717, 1.165) is 5.56 Å². The summed E-state index contributed by atoms with van der Waals surface area (Å²) in [5.41, 5.74) is 0.515. The summed E-state index contributed by atoms with van der Waals surface area (Å²) in [6.45, 7) is 0. The monoisotopic (exact) mass is 333 g/mol. The zero-order valence-corrected chi connectivity index (χ0v) is 14.1. The maximum absolute atomic E-state index is 12.6. The Morgan fingerprint density at radius 3 is 2.00 bits per heavy atom. The van der Waals surface area contributed by atoms with Gasteiger partial charge in [-0.2, -0.15) is 0 Å². The summed E-state index contributed by atoms with van der Waals surface area (Å²) >= 11 is 0. The van der Waals surface area contributed by atoms with Gasteiger partial charge in [-0.15, -0.1) is 0 Å². The molecule has 2 aromatic rings. The quantitative estimate of drug-likeness (QED) is 0.720. The van der Waals surface area contributed by atoms with Gasteiger partial charge in [-0.25, -0.2) is 4.79 Å². The summed E-state index contributed by atoms with van der Waals surface area (Å²) in [5.74, 6) is 1.05. The Labute approximate surface area is 136 Å². The van der Waals surface area contributed by atoms with Crippen LogP contribution in [0.4, 0.5) is 0 Å². The highest BCUT2D eigenvalue weighted by Gasteiger charge is 2.36. The van der Waals surface area contributed by atoms with E-state index >= 15 is 0 Å². The van der Waals surface area contributed by atoms with E-state index in [4.69, 9.17) is 14.2 Å². The minimum absolute atomic E-state index is 0.174. The van der Waals surface area contributed by atoms with E-state index in [-0.39, 0.29) is 23.2 Å². The van der Waals surface area contributed by atoms with Crippen LogP contribution in [0.25, 0.3) is 0 Å². The first-order valence-corrected chi connectivity index (χ1v) is 8.38. The lowest BCUT2D eigenvalue weighted by Gasteiger charge is -2.11. The van der Waals surface area contributed by atoms with Gasteiger partial charge in [-0.1, -0.05) is 34.9 Å². The Kier molecular flexibility index (Phi) is 5.72. The summed E-state index contributed by atoms with van der Waals surface area (Å²) in [4.78, 5) is 12.6. The number of hydrogen-bond acceptors (Lipinski definition) is 5. The highest BCUT2D eigenvalue weighted by atomic mass is 31.1. The topological polar surface area (TPSA) is 61.8 Å². The molecule has 0 radical (unpaired) electrons. The molecular formula is C17H18O5P+. The van der Waals surface area contributed by atoms with Crippen LogP contribution in [0.3, 0.4) is 0 Å². The molecule has 120 valence electrons. The summed E-state index contributed by atoms with van der Waals surface area (Å²) in [6, 6.07) is 12.4. The number of carbonyl (C=O) groups excluding carboxylic acids is 1. The summed E-state index contributed by atoms with van der Waals surface area (Å²) in [6.07, 6.45) is 0.174. The molecule has 0 saturated heterocycles. The smallest absolute Gasteiger partial charge is 0.425 e. The molecule has 0 saturated carbocycles. The number of methoxy groups -OCH3 is 3. The van der Waals surface area contributed by atoms with Crippen LogP contribution in [0.1, 0.15) is 15.9 Å². The molecule has 0 amide bonds. The second-order valence-electron chi connectivity index (χ2n) is 4.73. The van der Waals surface area contributed by atoms with Crippen LogP contribution < -0.4 is 14.2 Å². The lowest BCUT2D eigenvalue weighted by molar-refractivity contribution is 0.107. The third kappa shape index (κ3) is 3.88. The summed E-state index contributed by atoms with van der Waals surface area (Å²) < 4.78 is 28.1. The zero-order chi connectivity index (χ0) is 16.8. The SMILES string of the molecule is COc1cc(OC)c(C(=O)[P+](=O)Cc2ccccc2)c(OC)c1. The fourth-order valence-electron chi connectivity index (χ4n) is 2.16. The van der Waals surface area contributed by atoms with Crippen molar-refractivity contribution < 1.29 is 23.6 Å². The normalized spacial score (nSPS) is 10.8. The number of benzene rings is 2. The van der Waals surface area contributed by atoms with Gasteiger partial charge in [-0.05, 0) is 0 Å².